The second kappa shape index (κ2) is 5.15. The summed E-state index contributed by atoms with van der Waals surface area (Å²) in [6.45, 7) is 0. The monoisotopic (exact) mass is 260 g/mol. The van der Waals surface area contributed by atoms with Gasteiger partial charge in [-0.3, -0.25) is 0 Å². The zero-order chi connectivity index (χ0) is 12.4. The molecule has 0 spiro atoms. The van der Waals surface area contributed by atoms with Crippen molar-refractivity contribution in [2.24, 2.45) is 5.92 Å². The Hall–Kier alpha value is -1.28. The molecule has 0 bridgehead atoms. The number of hydrogen-bond donors (Lipinski definition) is 0. The van der Waals surface area contributed by atoms with Crippen molar-refractivity contribution in [3.05, 3.63) is 48.3 Å². The third-order valence-electron chi connectivity index (χ3n) is 3.53. The first-order chi connectivity index (χ1) is 8.84. The minimum absolute atomic E-state index is 0.337. The molecule has 1 aliphatic rings. The Balaban J connectivity index is 1.71. The molecule has 3 heteroatoms. The summed E-state index contributed by atoms with van der Waals surface area (Å²) in [5.41, 5.74) is 2.36. The van der Waals surface area contributed by atoms with E-state index >= 15 is 0 Å². The Kier molecular flexibility index (Phi) is 3.37. The van der Waals surface area contributed by atoms with Gasteiger partial charge in [-0.1, -0.05) is 18.2 Å². The summed E-state index contributed by atoms with van der Waals surface area (Å²) >= 11 is 6.36. The van der Waals surface area contributed by atoms with E-state index in [4.69, 9.17) is 11.6 Å². The fraction of sp³-hybridized carbons (Fsp3) is 0.400. The average Bonchev–Trinajstić information content (AvgIpc) is 3.16. The fourth-order valence-electron chi connectivity index (χ4n) is 2.30. The summed E-state index contributed by atoms with van der Waals surface area (Å²) in [5.74, 6) is 0.764. The quantitative estimate of drug-likeness (QED) is 0.748. The van der Waals surface area contributed by atoms with Crippen LogP contribution in [0, 0.1) is 5.92 Å². The van der Waals surface area contributed by atoms with Gasteiger partial charge in [0.25, 0.3) is 0 Å². The number of aryl methyl sites for hydroxylation is 1. The third kappa shape index (κ3) is 2.59. The van der Waals surface area contributed by atoms with Gasteiger partial charge < -0.3 is 0 Å². The van der Waals surface area contributed by atoms with Gasteiger partial charge in [-0.05, 0) is 49.8 Å². The van der Waals surface area contributed by atoms with Crippen LogP contribution in [-0.2, 0) is 6.42 Å². The van der Waals surface area contributed by atoms with Crippen molar-refractivity contribution >= 4 is 11.6 Å². The zero-order valence-electron chi connectivity index (χ0n) is 10.3. The molecular weight excluding hydrogens is 244 g/mol. The highest BCUT2D eigenvalue weighted by atomic mass is 35.5. The lowest BCUT2D eigenvalue weighted by Gasteiger charge is -2.10. The standard InChI is InChI=1S/C15H17ClN2/c16-15(12-6-7-12)9-8-14-10-11-17-18(14)13-4-2-1-3-5-13/h1-5,10-12,15H,6-9H2. The van der Waals surface area contributed by atoms with Gasteiger partial charge in [-0.25, -0.2) is 4.68 Å². The van der Waals surface area contributed by atoms with E-state index in [2.05, 4.69) is 23.3 Å². The molecule has 0 amide bonds. The lowest BCUT2D eigenvalue weighted by molar-refractivity contribution is 0.654. The fourth-order valence-corrected chi connectivity index (χ4v) is 2.66. The van der Waals surface area contributed by atoms with E-state index in [9.17, 15) is 0 Å². The smallest absolute Gasteiger partial charge is 0.0648 e. The van der Waals surface area contributed by atoms with Gasteiger partial charge in [0.1, 0.15) is 0 Å². The summed E-state index contributed by atoms with van der Waals surface area (Å²) in [6.07, 6.45) is 6.53. The molecule has 94 valence electrons. The molecule has 3 rings (SSSR count). The summed E-state index contributed by atoms with van der Waals surface area (Å²) in [7, 11) is 0. The van der Waals surface area contributed by atoms with Crippen LogP contribution in [0.3, 0.4) is 0 Å². The number of alkyl halides is 1. The van der Waals surface area contributed by atoms with Gasteiger partial charge in [0.2, 0.25) is 0 Å². The number of aromatic nitrogens is 2. The van der Waals surface area contributed by atoms with E-state index in [-0.39, 0.29) is 0 Å². The molecule has 1 aromatic carbocycles. The predicted octanol–water partition coefficient (Wildman–Crippen LogP) is 3.82. The van der Waals surface area contributed by atoms with Crippen LogP contribution in [-0.4, -0.2) is 15.2 Å². The van der Waals surface area contributed by atoms with Crippen LogP contribution in [0.1, 0.15) is 25.0 Å². The van der Waals surface area contributed by atoms with Crippen molar-refractivity contribution < 1.29 is 0 Å². The van der Waals surface area contributed by atoms with E-state index in [0.29, 0.717) is 5.38 Å². The maximum absolute atomic E-state index is 6.36. The number of rotatable bonds is 5. The molecule has 0 aliphatic heterocycles. The zero-order valence-corrected chi connectivity index (χ0v) is 11.1. The van der Waals surface area contributed by atoms with Crippen molar-refractivity contribution in [2.75, 3.05) is 0 Å². The van der Waals surface area contributed by atoms with Crippen LogP contribution in [0.5, 0.6) is 0 Å². The van der Waals surface area contributed by atoms with Crippen molar-refractivity contribution in [3.63, 3.8) is 0 Å². The molecule has 18 heavy (non-hydrogen) atoms. The van der Waals surface area contributed by atoms with E-state index in [1.165, 1.54) is 18.5 Å². The first-order valence-electron chi connectivity index (χ1n) is 6.57. The lowest BCUT2D eigenvalue weighted by atomic mass is 10.1. The van der Waals surface area contributed by atoms with Crippen LogP contribution >= 0.6 is 11.6 Å². The minimum Gasteiger partial charge on any atom is -0.238 e. The molecule has 0 saturated heterocycles. The first-order valence-corrected chi connectivity index (χ1v) is 7.00. The molecule has 2 nitrogen and oxygen atoms in total. The minimum atomic E-state index is 0.337. The van der Waals surface area contributed by atoms with Gasteiger partial charge in [-0.15, -0.1) is 11.6 Å². The summed E-state index contributed by atoms with van der Waals surface area (Å²) < 4.78 is 2.01. The maximum atomic E-state index is 6.36. The van der Waals surface area contributed by atoms with Gasteiger partial charge in [0, 0.05) is 17.3 Å². The van der Waals surface area contributed by atoms with Crippen molar-refractivity contribution in [3.8, 4) is 5.69 Å². The van der Waals surface area contributed by atoms with E-state index in [1.54, 1.807) is 0 Å². The van der Waals surface area contributed by atoms with E-state index in [1.807, 2.05) is 29.1 Å². The highest BCUT2D eigenvalue weighted by Crippen LogP contribution is 2.37. The van der Waals surface area contributed by atoms with Crippen LogP contribution in [0.15, 0.2) is 42.6 Å². The molecule has 1 atom stereocenters. The molecule has 1 fully saturated rings. The molecule has 1 aliphatic carbocycles. The Bertz CT molecular complexity index is 502. The highest BCUT2D eigenvalue weighted by molar-refractivity contribution is 6.20. The van der Waals surface area contributed by atoms with Gasteiger partial charge >= 0.3 is 0 Å². The number of benzene rings is 1. The number of hydrogen-bond acceptors (Lipinski definition) is 1. The van der Waals surface area contributed by atoms with E-state index in [0.717, 1.165) is 24.4 Å². The molecular formula is C15H17ClN2. The van der Waals surface area contributed by atoms with Crippen LogP contribution in [0.2, 0.25) is 0 Å². The molecule has 1 unspecified atom stereocenters. The van der Waals surface area contributed by atoms with Gasteiger partial charge in [0.05, 0.1) is 5.69 Å². The Morgan fingerprint density at radius 1 is 1.22 bits per heavy atom. The van der Waals surface area contributed by atoms with Crippen molar-refractivity contribution in [1.29, 1.82) is 0 Å². The van der Waals surface area contributed by atoms with Crippen molar-refractivity contribution in [2.45, 2.75) is 31.1 Å². The Labute approximate surface area is 113 Å². The molecule has 0 N–H and O–H groups in total. The lowest BCUT2D eigenvalue weighted by Crippen LogP contribution is -2.07. The Morgan fingerprint density at radius 2 is 2.00 bits per heavy atom. The van der Waals surface area contributed by atoms with Crippen LogP contribution < -0.4 is 0 Å². The van der Waals surface area contributed by atoms with Crippen LogP contribution in [0.25, 0.3) is 5.69 Å². The molecule has 1 heterocycles. The molecule has 1 aromatic heterocycles. The second-order valence-electron chi connectivity index (χ2n) is 4.96. The molecule has 1 saturated carbocycles. The predicted molar refractivity (Wildman–Crippen MR) is 74.3 cm³/mol. The number of para-hydroxylation sites is 1. The first kappa shape index (κ1) is 11.8. The molecule has 2 aromatic rings. The second-order valence-corrected chi connectivity index (χ2v) is 5.52. The molecule has 0 radical (unpaired) electrons. The highest BCUT2D eigenvalue weighted by Gasteiger charge is 2.29. The maximum Gasteiger partial charge on any atom is 0.0648 e. The topological polar surface area (TPSA) is 17.8 Å². The average molecular weight is 261 g/mol. The SMILES string of the molecule is ClC(CCc1ccnn1-c1ccccc1)C1CC1. The van der Waals surface area contributed by atoms with Gasteiger partial charge in [0.15, 0.2) is 0 Å². The van der Waals surface area contributed by atoms with Gasteiger partial charge in [-0.2, -0.15) is 5.10 Å². The number of halogens is 1. The normalized spacial score (nSPS) is 16.7. The van der Waals surface area contributed by atoms with E-state index < -0.39 is 0 Å². The summed E-state index contributed by atoms with van der Waals surface area (Å²) in [5, 5.41) is 4.74. The summed E-state index contributed by atoms with van der Waals surface area (Å²) in [6, 6.07) is 12.3. The largest absolute Gasteiger partial charge is 0.238 e. The third-order valence-corrected chi connectivity index (χ3v) is 4.11. The summed E-state index contributed by atoms with van der Waals surface area (Å²) in [4.78, 5) is 0. The number of nitrogens with zero attached hydrogens (tertiary/aromatic N) is 2. The van der Waals surface area contributed by atoms with Crippen LogP contribution in [0.4, 0.5) is 0 Å². The van der Waals surface area contributed by atoms with Crippen molar-refractivity contribution in [1.82, 2.24) is 9.78 Å². The Morgan fingerprint density at radius 3 is 2.72 bits per heavy atom.